The smallest absolute Gasteiger partial charge is 0.241 e. The number of aromatic nitrogens is 1. The quantitative estimate of drug-likeness (QED) is 0.594. The lowest BCUT2D eigenvalue weighted by atomic mass is 9.73. The van der Waals surface area contributed by atoms with E-state index in [0.29, 0.717) is 0 Å². The number of hydrogen-bond acceptors (Lipinski definition) is 2. The van der Waals surface area contributed by atoms with Crippen LogP contribution in [0.25, 0.3) is 10.6 Å². The van der Waals surface area contributed by atoms with Gasteiger partial charge in [0.25, 0.3) is 0 Å². The molecule has 2 aliphatic carbocycles. The van der Waals surface area contributed by atoms with Crippen molar-refractivity contribution in [3.63, 3.8) is 0 Å². The molecule has 24 heavy (non-hydrogen) atoms. The standard InChI is InChI=1S/C19H20F3NS/c20-19(21,22)15-8-4-14(5-9-15)18-23-16-10-6-13(12-2-1-3-12)7-11-17(16)24-18/h4-5,8-9,12-13H,1-3,6-7,10-11H2. The summed E-state index contributed by atoms with van der Waals surface area (Å²) in [5.41, 5.74) is 1.36. The number of hydrogen-bond donors (Lipinski definition) is 0. The van der Waals surface area contributed by atoms with Gasteiger partial charge in [0, 0.05) is 10.4 Å². The highest BCUT2D eigenvalue weighted by atomic mass is 32.1. The normalized spacial score (nSPS) is 21.9. The van der Waals surface area contributed by atoms with E-state index < -0.39 is 11.7 Å². The third-order valence-corrected chi connectivity index (χ3v) is 6.75. The zero-order valence-corrected chi connectivity index (χ0v) is 14.2. The second kappa shape index (κ2) is 6.17. The van der Waals surface area contributed by atoms with E-state index in [9.17, 15) is 13.2 Å². The van der Waals surface area contributed by atoms with Crippen molar-refractivity contribution in [2.75, 3.05) is 0 Å². The predicted molar refractivity (Wildman–Crippen MR) is 90.0 cm³/mol. The Morgan fingerprint density at radius 1 is 0.917 bits per heavy atom. The fourth-order valence-corrected chi connectivity index (χ4v) is 4.99. The summed E-state index contributed by atoms with van der Waals surface area (Å²) in [5, 5.41) is 0.857. The molecule has 0 N–H and O–H groups in total. The minimum absolute atomic E-state index is 0.604. The van der Waals surface area contributed by atoms with E-state index >= 15 is 0 Å². The molecule has 1 unspecified atom stereocenters. The summed E-state index contributed by atoms with van der Waals surface area (Å²) in [6.07, 6.45) is 4.45. The van der Waals surface area contributed by atoms with Gasteiger partial charge >= 0.3 is 6.18 Å². The Morgan fingerprint density at radius 2 is 1.58 bits per heavy atom. The molecule has 0 aliphatic heterocycles. The Morgan fingerprint density at radius 3 is 2.21 bits per heavy atom. The molecule has 1 atom stereocenters. The minimum atomic E-state index is -4.28. The number of halogens is 3. The van der Waals surface area contributed by atoms with Crippen molar-refractivity contribution in [3.8, 4) is 10.6 Å². The third kappa shape index (κ3) is 3.10. The molecule has 1 aromatic carbocycles. The van der Waals surface area contributed by atoms with Crippen LogP contribution in [-0.2, 0) is 19.0 Å². The van der Waals surface area contributed by atoms with Gasteiger partial charge in [-0.05, 0) is 49.7 Å². The van der Waals surface area contributed by atoms with Crippen LogP contribution in [0.3, 0.4) is 0 Å². The Kier molecular flexibility index (Phi) is 4.15. The van der Waals surface area contributed by atoms with Gasteiger partial charge in [0.2, 0.25) is 0 Å². The average molecular weight is 351 g/mol. The predicted octanol–water partition coefficient (Wildman–Crippen LogP) is 6.12. The van der Waals surface area contributed by atoms with Crippen LogP contribution in [0, 0.1) is 11.8 Å². The highest BCUT2D eigenvalue weighted by Gasteiger charge is 2.31. The SMILES string of the molecule is FC(F)(F)c1ccc(-c2nc3c(s2)CCC(C2CCC2)CC3)cc1. The lowest BCUT2D eigenvalue weighted by Gasteiger charge is -2.33. The fourth-order valence-electron chi connectivity index (χ4n) is 3.86. The molecule has 2 aliphatic rings. The number of aryl methyl sites for hydroxylation is 2. The monoisotopic (exact) mass is 351 g/mol. The maximum absolute atomic E-state index is 12.7. The molecule has 2 aromatic rings. The van der Waals surface area contributed by atoms with E-state index in [2.05, 4.69) is 0 Å². The van der Waals surface area contributed by atoms with Crippen LogP contribution in [0.5, 0.6) is 0 Å². The van der Waals surface area contributed by atoms with Crippen LogP contribution < -0.4 is 0 Å². The lowest BCUT2D eigenvalue weighted by Crippen LogP contribution is -2.22. The lowest BCUT2D eigenvalue weighted by molar-refractivity contribution is -0.137. The number of thiazole rings is 1. The van der Waals surface area contributed by atoms with Gasteiger partial charge in [0.05, 0.1) is 11.3 Å². The molecule has 1 heterocycles. The highest BCUT2D eigenvalue weighted by molar-refractivity contribution is 7.15. The summed E-state index contributed by atoms with van der Waals surface area (Å²) in [6.45, 7) is 0. The Hall–Kier alpha value is -1.36. The number of nitrogens with zero attached hydrogens (tertiary/aromatic N) is 1. The highest BCUT2D eigenvalue weighted by Crippen LogP contribution is 2.41. The summed E-state index contributed by atoms with van der Waals surface area (Å²) in [5.74, 6) is 1.77. The van der Waals surface area contributed by atoms with Crippen LogP contribution in [0.15, 0.2) is 24.3 Å². The summed E-state index contributed by atoms with van der Waals surface area (Å²) in [6, 6.07) is 5.37. The zero-order valence-electron chi connectivity index (χ0n) is 13.4. The Balaban J connectivity index is 1.51. The number of fused-ring (bicyclic) bond motifs is 1. The Labute approximate surface area is 143 Å². The largest absolute Gasteiger partial charge is 0.416 e. The van der Waals surface area contributed by atoms with E-state index in [4.69, 9.17) is 4.98 Å². The van der Waals surface area contributed by atoms with Gasteiger partial charge in [-0.25, -0.2) is 4.98 Å². The first-order valence-corrected chi connectivity index (χ1v) is 9.48. The Bertz CT molecular complexity index is 688. The fraction of sp³-hybridized carbons (Fsp3) is 0.526. The van der Waals surface area contributed by atoms with Crippen LogP contribution >= 0.6 is 11.3 Å². The molecular formula is C19H20F3NS. The van der Waals surface area contributed by atoms with E-state index in [-0.39, 0.29) is 0 Å². The van der Waals surface area contributed by atoms with Crippen LogP contribution in [0.4, 0.5) is 13.2 Å². The number of alkyl halides is 3. The second-order valence-electron chi connectivity index (χ2n) is 6.99. The van der Waals surface area contributed by atoms with E-state index in [1.54, 1.807) is 11.3 Å². The van der Waals surface area contributed by atoms with E-state index in [1.165, 1.54) is 54.8 Å². The molecule has 4 rings (SSSR count). The van der Waals surface area contributed by atoms with Crippen molar-refractivity contribution >= 4 is 11.3 Å². The number of rotatable bonds is 2. The molecular weight excluding hydrogens is 331 g/mol. The average Bonchev–Trinajstić information content (AvgIpc) is 2.81. The van der Waals surface area contributed by atoms with Crippen LogP contribution in [0.1, 0.15) is 48.2 Å². The van der Waals surface area contributed by atoms with E-state index in [1.807, 2.05) is 0 Å². The maximum Gasteiger partial charge on any atom is 0.416 e. The first-order chi connectivity index (χ1) is 11.5. The van der Waals surface area contributed by atoms with Gasteiger partial charge in [-0.1, -0.05) is 31.4 Å². The molecule has 1 saturated carbocycles. The summed E-state index contributed by atoms with van der Waals surface area (Å²) in [4.78, 5) is 6.09. The molecule has 128 valence electrons. The van der Waals surface area contributed by atoms with Gasteiger partial charge in [0.1, 0.15) is 5.01 Å². The molecule has 0 radical (unpaired) electrons. The molecule has 0 bridgehead atoms. The molecule has 1 nitrogen and oxygen atoms in total. The van der Waals surface area contributed by atoms with E-state index in [0.717, 1.165) is 47.4 Å². The van der Waals surface area contributed by atoms with Gasteiger partial charge in [-0.3, -0.25) is 0 Å². The van der Waals surface area contributed by atoms with Crippen molar-refractivity contribution in [2.24, 2.45) is 11.8 Å². The first-order valence-electron chi connectivity index (χ1n) is 8.67. The minimum Gasteiger partial charge on any atom is -0.241 e. The summed E-state index contributed by atoms with van der Waals surface area (Å²) in [7, 11) is 0. The van der Waals surface area contributed by atoms with Crippen molar-refractivity contribution in [1.29, 1.82) is 0 Å². The van der Waals surface area contributed by atoms with Crippen molar-refractivity contribution < 1.29 is 13.2 Å². The van der Waals surface area contributed by atoms with Gasteiger partial charge in [-0.2, -0.15) is 13.2 Å². The second-order valence-corrected chi connectivity index (χ2v) is 8.08. The molecule has 0 saturated heterocycles. The van der Waals surface area contributed by atoms with Gasteiger partial charge in [-0.15, -0.1) is 11.3 Å². The van der Waals surface area contributed by atoms with Crippen molar-refractivity contribution in [1.82, 2.24) is 4.98 Å². The third-order valence-electron chi connectivity index (χ3n) is 5.55. The summed E-state index contributed by atoms with van der Waals surface area (Å²) >= 11 is 1.66. The first kappa shape index (κ1) is 16.1. The van der Waals surface area contributed by atoms with Crippen LogP contribution in [-0.4, -0.2) is 4.98 Å². The van der Waals surface area contributed by atoms with Crippen molar-refractivity contribution in [3.05, 3.63) is 40.4 Å². The topological polar surface area (TPSA) is 12.9 Å². The molecule has 5 heteroatoms. The number of benzene rings is 1. The van der Waals surface area contributed by atoms with Crippen molar-refractivity contribution in [2.45, 2.75) is 51.1 Å². The van der Waals surface area contributed by atoms with Gasteiger partial charge < -0.3 is 0 Å². The molecule has 0 spiro atoms. The van der Waals surface area contributed by atoms with Crippen LogP contribution in [0.2, 0.25) is 0 Å². The molecule has 0 amide bonds. The van der Waals surface area contributed by atoms with Gasteiger partial charge in [0.15, 0.2) is 0 Å². The zero-order chi connectivity index (χ0) is 16.7. The summed E-state index contributed by atoms with van der Waals surface area (Å²) < 4.78 is 38.0. The molecule has 1 fully saturated rings. The maximum atomic E-state index is 12.7. The molecule has 1 aromatic heterocycles.